The van der Waals surface area contributed by atoms with Gasteiger partial charge in [0.2, 0.25) is 0 Å². The van der Waals surface area contributed by atoms with Crippen LogP contribution >= 0.6 is 0 Å². The smallest absolute Gasteiger partial charge is 0.251 e. The molecule has 0 radical (unpaired) electrons. The minimum Gasteiger partial charge on any atom is -0.488 e. The molecule has 1 atom stereocenters. The number of benzene rings is 3. The van der Waals surface area contributed by atoms with Crippen molar-refractivity contribution in [1.29, 1.82) is 0 Å². The molecule has 4 rings (SSSR count). The molecule has 0 saturated carbocycles. The lowest BCUT2D eigenvalue weighted by molar-refractivity contribution is 0.0940. The minimum atomic E-state index is -0.240. The van der Waals surface area contributed by atoms with E-state index in [4.69, 9.17) is 4.74 Å². The standard InChI is InChI=1S/C34H42N2O2/c1-22-24(3)36(21-25-11-10-12-29(19-25)38-34(7,8)9)31-18-15-27(20-30(22)31)32(37)35-23(2)26-13-16-28(17-14-26)33(4,5)6/h10-20,23H,21H2,1-9H3,(H,35,37)/t23-/m0/s1. The van der Waals surface area contributed by atoms with Gasteiger partial charge in [0.25, 0.3) is 5.91 Å². The van der Waals surface area contributed by atoms with Crippen molar-refractivity contribution < 1.29 is 9.53 Å². The molecule has 38 heavy (non-hydrogen) atoms. The van der Waals surface area contributed by atoms with Gasteiger partial charge in [-0.25, -0.2) is 0 Å². The second-order valence-electron chi connectivity index (χ2n) is 12.5. The van der Waals surface area contributed by atoms with Crippen molar-refractivity contribution in [2.45, 2.75) is 85.9 Å². The van der Waals surface area contributed by atoms with Crippen LogP contribution in [0.5, 0.6) is 5.75 Å². The van der Waals surface area contributed by atoms with Crippen molar-refractivity contribution in [3.8, 4) is 5.75 Å². The summed E-state index contributed by atoms with van der Waals surface area (Å²) in [5.74, 6) is 0.818. The Morgan fingerprint density at radius 1 is 0.921 bits per heavy atom. The van der Waals surface area contributed by atoms with Gasteiger partial charge in [0.05, 0.1) is 6.04 Å². The SMILES string of the molecule is Cc1c(C)n(Cc2cccc(OC(C)(C)C)c2)c2ccc(C(=O)N[C@@H](C)c3ccc(C(C)(C)C)cc3)cc12. The summed E-state index contributed by atoms with van der Waals surface area (Å²) >= 11 is 0. The monoisotopic (exact) mass is 510 g/mol. The molecule has 1 aromatic heterocycles. The molecule has 1 amide bonds. The first-order valence-corrected chi connectivity index (χ1v) is 13.5. The lowest BCUT2D eigenvalue weighted by Crippen LogP contribution is -2.26. The van der Waals surface area contributed by atoms with Gasteiger partial charge in [-0.3, -0.25) is 4.79 Å². The van der Waals surface area contributed by atoms with Crippen molar-refractivity contribution in [3.63, 3.8) is 0 Å². The van der Waals surface area contributed by atoms with Crippen molar-refractivity contribution in [3.05, 3.63) is 100 Å². The summed E-state index contributed by atoms with van der Waals surface area (Å²) in [4.78, 5) is 13.2. The van der Waals surface area contributed by atoms with Crippen LogP contribution in [0.15, 0.2) is 66.7 Å². The topological polar surface area (TPSA) is 43.3 Å². The lowest BCUT2D eigenvalue weighted by Gasteiger charge is -2.21. The number of fused-ring (bicyclic) bond motifs is 1. The number of carbonyl (C=O) groups is 1. The predicted molar refractivity (Wildman–Crippen MR) is 158 cm³/mol. The highest BCUT2D eigenvalue weighted by Gasteiger charge is 2.18. The lowest BCUT2D eigenvalue weighted by atomic mass is 9.86. The third-order valence-electron chi connectivity index (χ3n) is 7.19. The summed E-state index contributed by atoms with van der Waals surface area (Å²) in [5.41, 5.74) is 7.64. The summed E-state index contributed by atoms with van der Waals surface area (Å²) < 4.78 is 8.40. The molecular weight excluding hydrogens is 468 g/mol. The molecule has 1 N–H and O–H groups in total. The molecule has 4 nitrogen and oxygen atoms in total. The third kappa shape index (κ3) is 6.12. The van der Waals surface area contributed by atoms with E-state index in [0.29, 0.717) is 5.56 Å². The van der Waals surface area contributed by atoms with E-state index in [1.54, 1.807) is 0 Å². The zero-order valence-corrected chi connectivity index (χ0v) is 24.4. The van der Waals surface area contributed by atoms with Gasteiger partial charge < -0.3 is 14.6 Å². The summed E-state index contributed by atoms with van der Waals surface area (Å²) in [6.45, 7) is 19.9. The molecule has 0 saturated heterocycles. The van der Waals surface area contributed by atoms with E-state index in [1.807, 2.05) is 31.2 Å². The van der Waals surface area contributed by atoms with Gasteiger partial charge in [0.15, 0.2) is 0 Å². The zero-order chi connectivity index (χ0) is 27.8. The van der Waals surface area contributed by atoms with E-state index in [-0.39, 0.29) is 23.0 Å². The zero-order valence-electron chi connectivity index (χ0n) is 24.4. The van der Waals surface area contributed by atoms with Crippen LogP contribution < -0.4 is 10.1 Å². The van der Waals surface area contributed by atoms with Gasteiger partial charge in [-0.05, 0) is 99.5 Å². The molecule has 4 aromatic rings. The fourth-order valence-electron chi connectivity index (χ4n) is 4.87. The predicted octanol–water partition coefficient (Wildman–Crippen LogP) is 8.27. The Bertz CT molecular complexity index is 1450. The molecule has 0 bridgehead atoms. The van der Waals surface area contributed by atoms with Crippen LogP contribution in [-0.4, -0.2) is 16.1 Å². The Morgan fingerprint density at radius 2 is 1.61 bits per heavy atom. The molecule has 0 spiro atoms. The number of nitrogens with one attached hydrogen (secondary N) is 1. The molecule has 3 aromatic carbocycles. The normalized spacial score (nSPS) is 13.0. The highest BCUT2D eigenvalue weighted by Crippen LogP contribution is 2.29. The fraction of sp³-hybridized carbons (Fsp3) is 0.382. The molecule has 0 unspecified atom stereocenters. The maximum atomic E-state index is 13.2. The first-order valence-electron chi connectivity index (χ1n) is 13.5. The Morgan fingerprint density at radius 3 is 2.24 bits per heavy atom. The van der Waals surface area contributed by atoms with Crippen LogP contribution in [0, 0.1) is 13.8 Å². The van der Waals surface area contributed by atoms with E-state index >= 15 is 0 Å². The van der Waals surface area contributed by atoms with Gasteiger partial charge in [-0.1, -0.05) is 57.2 Å². The van der Waals surface area contributed by atoms with Crippen LogP contribution in [0.1, 0.15) is 92.8 Å². The van der Waals surface area contributed by atoms with Crippen LogP contribution in [0.2, 0.25) is 0 Å². The average molecular weight is 511 g/mol. The summed E-state index contributed by atoms with van der Waals surface area (Å²) in [6.07, 6.45) is 0. The molecule has 4 heteroatoms. The first kappa shape index (κ1) is 27.5. The van der Waals surface area contributed by atoms with Gasteiger partial charge in [0.1, 0.15) is 11.4 Å². The van der Waals surface area contributed by atoms with Crippen molar-refractivity contribution in [1.82, 2.24) is 9.88 Å². The Kier molecular flexibility index (Phi) is 7.47. The molecular formula is C34H42N2O2. The fourth-order valence-corrected chi connectivity index (χ4v) is 4.87. The number of ether oxygens (including phenoxy) is 1. The van der Waals surface area contributed by atoms with E-state index in [9.17, 15) is 4.79 Å². The van der Waals surface area contributed by atoms with Crippen molar-refractivity contribution in [2.75, 3.05) is 0 Å². The van der Waals surface area contributed by atoms with Crippen molar-refractivity contribution in [2.24, 2.45) is 0 Å². The van der Waals surface area contributed by atoms with E-state index in [2.05, 4.69) is 108 Å². The quantitative estimate of drug-likeness (QED) is 0.284. The molecule has 1 heterocycles. The van der Waals surface area contributed by atoms with Crippen molar-refractivity contribution >= 4 is 16.8 Å². The average Bonchev–Trinajstić information content (AvgIpc) is 3.07. The maximum Gasteiger partial charge on any atom is 0.251 e. The molecule has 0 aliphatic rings. The van der Waals surface area contributed by atoms with Gasteiger partial charge in [-0.2, -0.15) is 0 Å². The molecule has 0 aliphatic carbocycles. The number of aryl methyl sites for hydroxylation is 1. The Hall–Kier alpha value is -3.53. The maximum absolute atomic E-state index is 13.2. The van der Waals surface area contributed by atoms with Gasteiger partial charge in [0, 0.05) is 28.7 Å². The number of nitrogens with zero attached hydrogens (tertiary/aromatic N) is 1. The summed E-state index contributed by atoms with van der Waals surface area (Å²) in [5, 5.41) is 4.29. The van der Waals surface area contributed by atoms with Crippen LogP contribution in [-0.2, 0) is 12.0 Å². The number of rotatable bonds is 6. The first-order chi connectivity index (χ1) is 17.7. The Balaban J connectivity index is 1.55. The molecule has 0 fully saturated rings. The molecule has 200 valence electrons. The van der Waals surface area contributed by atoms with E-state index < -0.39 is 0 Å². The molecule has 0 aliphatic heterocycles. The van der Waals surface area contributed by atoms with Crippen LogP contribution in [0.4, 0.5) is 0 Å². The Labute approximate surface area is 228 Å². The van der Waals surface area contributed by atoms with Gasteiger partial charge >= 0.3 is 0 Å². The number of carbonyl (C=O) groups excluding carboxylic acids is 1. The highest BCUT2D eigenvalue weighted by molar-refractivity contribution is 5.99. The third-order valence-corrected chi connectivity index (χ3v) is 7.19. The highest BCUT2D eigenvalue weighted by atomic mass is 16.5. The number of aromatic nitrogens is 1. The van der Waals surface area contributed by atoms with Crippen LogP contribution in [0.3, 0.4) is 0 Å². The second-order valence-corrected chi connectivity index (χ2v) is 12.5. The number of amides is 1. The largest absolute Gasteiger partial charge is 0.488 e. The second kappa shape index (κ2) is 10.3. The van der Waals surface area contributed by atoms with Gasteiger partial charge in [-0.15, -0.1) is 0 Å². The summed E-state index contributed by atoms with van der Waals surface area (Å²) in [7, 11) is 0. The van der Waals surface area contributed by atoms with E-state index in [0.717, 1.165) is 28.8 Å². The van der Waals surface area contributed by atoms with Crippen LogP contribution in [0.25, 0.3) is 10.9 Å². The minimum absolute atomic E-state index is 0.0591. The number of hydrogen-bond acceptors (Lipinski definition) is 2. The number of hydrogen-bond donors (Lipinski definition) is 1. The van der Waals surface area contributed by atoms with E-state index in [1.165, 1.54) is 22.4 Å². The summed E-state index contributed by atoms with van der Waals surface area (Å²) in [6, 6.07) is 22.8.